The molecule has 0 radical (unpaired) electrons. The average molecular weight is 440 g/mol. The van der Waals surface area contributed by atoms with Crippen LogP contribution in [-0.4, -0.2) is 30.3 Å². The van der Waals surface area contributed by atoms with Gasteiger partial charge in [-0.25, -0.2) is 0 Å². The highest BCUT2D eigenvalue weighted by Gasteiger charge is 2.19. The number of hydrogen-bond acceptors (Lipinski definition) is 2. The number of nitrogens with zero attached hydrogens (tertiary/aromatic N) is 1. The van der Waals surface area contributed by atoms with E-state index in [4.69, 9.17) is 23.2 Å². The third-order valence-corrected chi connectivity index (χ3v) is 6.63. The van der Waals surface area contributed by atoms with Crippen LogP contribution in [0.25, 0.3) is 10.8 Å². The summed E-state index contributed by atoms with van der Waals surface area (Å²) in [6, 6.07) is 20.0. The second-order valence-electron chi connectivity index (χ2n) is 8.35. The predicted molar refractivity (Wildman–Crippen MR) is 127 cm³/mol. The lowest BCUT2D eigenvalue weighted by Crippen LogP contribution is -2.35. The van der Waals surface area contributed by atoms with Crippen molar-refractivity contribution in [3.8, 4) is 0 Å². The maximum atomic E-state index is 12.3. The summed E-state index contributed by atoms with van der Waals surface area (Å²) in [7, 11) is 0. The number of likely N-dealkylation sites (tertiary alicyclic amines) is 1. The molecule has 0 atom stereocenters. The molecule has 156 valence electrons. The van der Waals surface area contributed by atoms with E-state index in [9.17, 15) is 4.79 Å². The fraction of sp³-hybridized carbons (Fsp3) is 0.346. The molecule has 30 heavy (non-hydrogen) atoms. The van der Waals surface area contributed by atoms with E-state index in [0.29, 0.717) is 11.4 Å². The van der Waals surface area contributed by atoms with Gasteiger partial charge in [0, 0.05) is 22.0 Å². The Morgan fingerprint density at radius 1 is 0.867 bits per heavy atom. The fourth-order valence-corrected chi connectivity index (χ4v) is 4.69. The third kappa shape index (κ3) is 5.63. The van der Waals surface area contributed by atoms with Crippen LogP contribution in [0.4, 0.5) is 0 Å². The number of fused-ring (bicyclic) bond motifs is 1. The summed E-state index contributed by atoms with van der Waals surface area (Å²) in [6.07, 6.45) is 5.11. The molecule has 0 amide bonds. The molecule has 0 aliphatic carbocycles. The molecule has 4 heteroatoms. The van der Waals surface area contributed by atoms with Gasteiger partial charge in [0.1, 0.15) is 0 Å². The molecule has 3 aromatic carbocycles. The van der Waals surface area contributed by atoms with Crippen molar-refractivity contribution in [2.45, 2.75) is 32.1 Å². The van der Waals surface area contributed by atoms with Gasteiger partial charge in [0.15, 0.2) is 5.78 Å². The molecule has 0 bridgehead atoms. The maximum absolute atomic E-state index is 12.3. The topological polar surface area (TPSA) is 20.3 Å². The largest absolute Gasteiger partial charge is 0.303 e. The van der Waals surface area contributed by atoms with Crippen LogP contribution in [0.2, 0.25) is 10.0 Å². The summed E-state index contributed by atoms with van der Waals surface area (Å²) in [4.78, 5) is 14.8. The Bertz CT molecular complexity index is 1010. The van der Waals surface area contributed by atoms with Crippen molar-refractivity contribution >= 4 is 39.8 Å². The number of carbonyl (C=O) groups excluding carboxylic acids is 1. The summed E-state index contributed by atoms with van der Waals surface area (Å²) in [5.41, 5.74) is 2.17. The highest BCUT2D eigenvalue weighted by molar-refractivity contribution is 6.31. The minimum atomic E-state index is 0.208. The van der Waals surface area contributed by atoms with Crippen molar-refractivity contribution in [2.75, 3.05) is 19.6 Å². The standard InChI is InChI=1S/C26H27Cl2NO/c27-24-8-5-21(6-9-24)26(30)2-1-13-29-14-11-19(12-15-29)16-20-3-4-23-18-25(28)10-7-22(23)17-20/h3-10,17-19H,1-2,11-16H2. The van der Waals surface area contributed by atoms with Crippen molar-refractivity contribution in [3.63, 3.8) is 0 Å². The second kappa shape index (κ2) is 9.96. The van der Waals surface area contributed by atoms with Crippen LogP contribution in [0.1, 0.15) is 41.6 Å². The zero-order valence-corrected chi connectivity index (χ0v) is 18.6. The Morgan fingerprint density at radius 3 is 2.30 bits per heavy atom. The number of Topliss-reactive ketones (excluding diaryl/α,β-unsaturated/α-hetero) is 1. The Kier molecular flexibility index (Phi) is 7.09. The molecule has 2 nitrogen and oxygen atoms in total. The first-order valence-electron chi connectivity index (χ1n) is 10.8. The van der Waals surface area contributed by atoms with Crippen LogP contribution >= 0.6 is 23.2 Å². The first kappa shape index (κ1) is 21.4. The Morgan fingerprint density at radius 2 is 1.53 bits per heavy atom. The van der Waals surface area contributed by atoms with Crippen molar-refractivity contribution in [2.24, 2.45) is 5.92 Å². The van der Waals surface area contributed by atoms with Gasteiger partial charge in [-0.3, -0.25) is 4.79 Å². The number of halogens is 2. The van der Waals surface area contributed by atoms with E-state index < -0.39 is 0 Å². The molecule has 4 rings (SSSR count). The first-order chi connectivity index (χ1) is 14.6. The number of rotatable bonds is 7. The van der Waals surface area contributed by atoms with E-state index in [1.54, 1.807) is 12.1 Å². The zero-order valence-electron chi connectivity index (χ0n) is 17.1. The quantitative estimate of drug-likeness (QED) is 0.367. The number of ketones is 1. The van der Waals surface area contributed by atoms with Gasteiger partial charge in [0.05, 0.1) is 0 Å². The van der Waals surface area contributed by atoms with E-state index in [1.165, 1.54) is 29.2 Å². The molecule has 0 saturated carbocycles. The maximum Gasteiger partial charge on any atom is 0.162 e. The summed E-state index contributed by atoms with van der Waals surface area (Å²) in [6.45, 7) is 3.26. The first-order valence-corrected chi connectivity index (χ1v) is 11.5. The summed E-state index contributed by atoms with van der Waals surface area (Å²) in [5, 5.41) is 3.92. The van der Waals surface area contributed by atoms with E-state index in [1.807, 2.05) is 24.3 Å². The smallest absolute Gasteiger partial charge is 0.162 e. The summed E-state index contributed by atoms with van der Waals surface area (Å²) >= 11 is 12.0. The Hall–Kier alpha value is -1.87. The average Bonchev–Trinajstić information content (AvgIpc) is 2.75. The summed E-state index contributed by atoms with van der Waals surface area (Å²) < 4.78 is 0. The SMILES string of the molecule is O=C(CCCN1CCC(Cc2ccc3cc(Cl)ccc3c2)CC1)c1ccc(Cl)cc1. The van der Waals surface area contributed by atoms with Gasteiger partial charge < -0.3 is 4.90 Å². The van der Waals surface area contributed by atoms with Gasteiger partial charge in [-0.1, -0.05) is 47.5 Å². The molecule has 0 unspecified atom stereocenters. The molecule has 3 aromatic rings. The number of carbonyl (C=O) groups is 1. The molecule has 1 heterocycles. The van der Waals surface area contributed by atoms with E-state index in [-0.39, 0.29) is 5.78 Å². The molecule has 1 fully saturated rings. The fourth-order valence-electron chi connectivity index (χ4n) is 4.38. The molecule has 1 aliphatic heterocycles. The van der Waals surface area contributed by atoms with Crippen molar-refractivity contribution < 1.29 is 4.79 Å². The zero-order chi connectivity index (χ0) is 20.9. The molecular formula is C26H27Cl2NO. The van der Waals surface area contributed by atoms with Gasteiger partial charge in [0.2, 0.25) is 0 Å². The molecule has 0 N–H and O–H groups in total. The normalized spacial score (nSPS) is 15.5. The van der Waals surface area contributed by atoms with Crippen molar-refractivity contribution in [3.05, 3.63) is 81.8 Å². The Labute approximate surface area is 188 Å². The monoisotopic (exact) mass is 439 g/mol. The lowest BCUT2D eigenvalue weighted by molar-refractivity contribution is 0.0970. The minimum absolute atomic E-state index is 0.208. The van der Waals surface area contributed by atoms with Crippen LogP contribution < -0.4 is 0 Å². The molecule has 0 spiro atoms. The highest BCUT2D eigenvalue weighted by Crippen LogP contribution is 2.25. The summed E-state index contributed by atoms with van der Waals surface area (Å²) in [5.74, 6) is 0.945. The predicted octanol–water partition coefficient (Wildman–Crippen LogP) is 7.06. The van der Waals surface area contributed by atoms with Crippen LogP contribution in [0, 0.1) is 5.92 Å². The van der Waals surface area contributed by atoms with Crippen LogP contribution in [0.15, 0.2) is 60.7 Å². The third-order valence-electron chi connectivity index (χ3n) is 6.14. The Balaban J connectivity index is 1.21. The van der Waals surface area contributed by atoms with Gasteiger partial charge in [-0.05, 0) is 104 Å². The second-order valence-corrected chi connectivity index (χ2v) is 9.22. The van der Waals surface area contributed by atoms with Gasteiger partial charge in [-0.2, -0.15) is 0 Å². The van der Waals surface area contributed by atoms with E-state index in [0.717, 1.165) is 49.0 Å². The molecule has 0 aromatic heterocycles. The minimum Gasteiger partial charge on any atom is -0.303 e. The molecular weight excluding hydrogens is 413 g/mol. The highest BCUT2D eigenvalue weighted by atomic mass is 35.5. The van der Waals surface area contributed by atoms with Gasteiger partial charge in [-0.15, -0.1) is 0 Å². The lowest BCUT2D eigenvalue weighted by Gasteiger charge is -2.32. The van der Waals surface area contributed by atoms with Crippen LogP contribution in [-0.2, 0) is 6.42 Å². The van der Waals surface area contributed by atoms with Crippen LogP contribution in [0.5, 0.6) is 0 Å². The number of hydrogen-bond donors (Lipinski definition) is 0. The van der Waals surface area contributed by atoms with Crippen molar-refractivity contribution in [1.29, 1.82) is 0 Å². The van der Waals surface area contributed by atoms with E-state index >= 15 is 0 Å². The van der Waals surface area contributed by atoms with Gasteiger partial charge >= 0.3 is 0 Å². The molecule has 1 aliphatic rings. The number of piperidine rings is 1. The number of benzene rings is 3. The lowest BCUT2D eigenvalue weighted by atomic mass is 9.89. The van der Waals surface area contributed by atoms with Gasteiger partial charge in [0.25, 0.3) is 0 Å². The van der Waals surface area contributed by atoms with Crippen molar-refractivity contribution in [1.82, 2.24) is 4.90 Å². The van der Waals surface area contributed by atoms with Crippen LogP contribution in [0.3, 0.4) is 0 Å². The molecule has 1 saturated heterocycles. The van der Waals surface area contributed by atoms with E-state index in [2.05, 4.69) is 29.2 Å².